The number of nitrogens with one attached hydrogen (secondary N) is 2. The normalized spacial score (nSPS) is 11.3. The maximum absolute atomic E-state index is 5.08. The van der Waals surface area contributed by atoms with Gasteiger partial charge in [-0.15, -0.1) is 0 Å². The molecule has 150 valence electrons. The van der Waals surface area contributed by atoms with Gasteiger partial charge in [0.05, 0.1) is 18.8 Å². The topological polar surface area (TPSA) is 38.2 Å². The molecule has 0 atom stereocenters. The van der Waals surface area contributed by atoms with Gasteiger partial charge in [-0.2, -0.15) is 0 Å². The van der Waals surface area contributed by atoms with Crippen LogP contribution in [0.5, 0.6) is 0 Å². The Hall–Kier alpha value is -2.48. The third-order valence-corrected chi connectivity index (χ3v) is 4.55. The van der Waals surface area contributed by atoms with Crippen LogP contribution < -0.4 is 10.6 Å². The highest BCUT2D eigenvalue weighted by Crippen LogP contribution is 2.21. The lowest BCUT2D eigenvalue weighted by atomic mass is 10.1. The van der Waals surface area contributed by atoms with Gasteiger partial charge in [0.15, 0.2) is 0 Å². The summed E-state index contributed by atoms with van der Waals surface area (Å²) >= 11 is 0. The van der Waals surface area contributed by atoms with Crippen molar-refractivity contribution < 1.29 is 4.74 Å². The molecule has 0 bridgehead atoms. The van der Waals surface area contributed by atoms with Gasteiger partial charge in [-0.25, -0.2) is 0 Å². The molecule has 28 heavy (non-hydrogen) atoms. The molecule has 1 aromatic heterocycles. The molecule has 0 aliphatic heterocycles. The minimum Gasteiger partial charge on any atom is -0.383 e. The Kier molecular flexibility index (Phi) is 9.41. The first-order chi connectivity index (χ1) is 13.7. The van der Waals surface area contributed by atoms with E-state index >= 15 is 0 Å². The van der Waals surface area contributed by atoms with Gasteiger partial charge in [0.2, 0.25) is 0 Å². The number of benzene rings is 1. The summed E-state index contributed by atoms with van der Waals surface area (Å²) in [6.07, 6.45) is 5.97. The Morgan fingerprint density at radius 2 is 2.14 bits per heavy atom. The van der Waals surface area contributed by atoms with E-state index in [-0.39, 0.29) is 0 Å². The maximum atomic E-state index is 5.08. The Balaban J connectivity index is 2.10. The fourth-order valence-corrected chi connectivity index (χ4v) is 3.22. The summed E-state index contributed by atoms with van der Waals surface area (Å²) in [7, 11) is 1.72. The van der Waals surface area contributed by atoms with E-state index in [2.05, 4.69) is 71.7 Å². The average Bonchev–Trinajstić information content (AvgIpc) is 3.05. The highest BCUT2D eigenvalue weighted by molar-refractivity contribution is 5.83. The summed E-state index contributed by atoms with van der Waals surface area (Å²) in [6.45, 7) is 12.1. The third kappa shape index (κ3) is 6.30. The van der Waals surface area contributed by atoms with Gasteiger partial charge in [-0.3, -0.25) is 0 Å². The molecule has 0 saturated heterocycles. The van der Waals surface area contributed by atoms with E-state index < -0.39 is 0 Å². The van der Waals surface area contributed by atoms with Gasteiger partial charge in [0, 0.05) is 43.3 Å². The molecule has 0 spiro atoms. The van der Waals surface area contributed by atoms with E-state index in [1.54, 1.807) is 7.11 Å². The smallest absolute Gasteiger partial charge is 0.0931 e. The molecule has 0 amide bonds. The van der Waals surface area contributed by atoms with Crippen LogP contribution >= 0.6 is 0 Å². The Labute approximate surface area is 169 Å². The number of nitrogens with zero attached hydrogens (tertiary/aromatic N) is 1. The summed E-state index contributed by atoms with van der Waals surface area (Å²) in [6, 6.07) is 8.82. The second-order valence-corrected chi connectivity index (χ2v) is 6.67. The second kappa shape index (κ2) is 12.1. The van der Waals surface area contributed by atoms with Crippen molar-refractivity contribution >= 4 is 10.9 Å². The van der Waals surface area contributed by atoms with E-state index in [0.717, 1.165) is 44.8 Å². The number of aryl methyl sites for hydroxylation is 1. The van der Waals surface area contributed by atoms with Crippen molar-refractivity contribution in [2.45, 2.75) is 39.8 Å². The van der Waals surface area contributed by atoms with Crippen LogP contribution in [0.25, 0.3) is 10.9 Å². The molecule has 0 unspecified atom stereocenters. The molecule has 2 aromatic rings. The zero-order valence-corrected chi connectivity index (χ0v) is 17.5. The van der Waals surface area contributed by atoms with Gasteiger partial charge in [-0.1, -0.05) is 38.0 Å². The van der Waals surface area contributed by atoms with Gasteiger partial charge in [0.25, 0.3) is 0 Å². The monoisotopic (exact) mass is 379 g/mol. The lowest BCUT2D eigenvalue weighted by molar-refractivity contribution is 0.199. The highest BCUT2D eigenvalue weighted by atomic mass is 16.5. The summed E-state index contributed by atoms with van der Waals surface area (Å²) in [4.78, 5) is 0. The van der Waals surface area contributed by atoms with Crippen LogP contribution in [0.3, 0.4) is 0 Å². The maximum Gasteiger partial charge on any atom is 0.0931 e. The Morgan fingerprint density at radius 3 is 2.86 bits per heavy atom. The molecule has 0 fully saturated rings. The quantitative estimate of drug-likeness (QED) is 0.349. The number of hydrogen-bond acceptors (Lipinski definition) is 3. The standard InChI is InChI=1S/C24H33N3O/c1-5-9-22(10-6-2)26-14-8-11-23-18-21-17-20(19-25-15-16-28-4)12-13-24(21)27(23)7-3/h5,9,12-13,17-18,25-26H,1,6-7,10,14-16,19H2,2-4H3/b22-9+. The van der Waals surface area contributed by atoms with Crippen LogP contribution in [-0.4, -0.2) is 31.4 Å². The first-order valence-electron chi connectivity index (χ1n) is 10.1. The number of hydrogen-bond donors (Lipinski definition) is 2. The fraction of sp³-hybridized carbons (Fsp3) is 0.417. The van der Waals surface area contributed by atoms with Gasteiger partial charge < -0.3 is 19.9 Å². The lowest BCUT2D eigenvalue weighted by Crippen LogP contribution is -2.18. The van der Waals surface area contributed by atoms with E-state index in [1.165, 1.54) is 22.2 Å². The van der Waals surface area contributed by atoms with Crippen molar-refractivity contribution in [3.05, 3.63) is 60.0 Å². The molecule has 0 saturated carbocycles. The molecule has 4 nitrogen and oxygen atoms in total. The van der Waals surface area contributed by atoms with E-state index in [9.17, 15) is 0 Å². The molecular formula is C24H33N3O. The highest BCUT2D eigenvalue weighted by Gasteiger charge is 2.06. The zero-order chi connectivity index (χ0) is 20.2. The number of fused-ring (bicyclic) bond motifs is 1. The van der Waals surface area contributed by atoms with Crippen LogP contribution in [0.1, 0.15) is 37.9 Å². The molecule has 4 heteroatoms. The minimum atomic E-state index is 0.638. The van der Waals surface area contributed by atoms with Crippen molar-refractivity contribution in [3.8, 4) is 11.8 Å². The lowest BCUT2D eigenvalue weighted by Gasteiger charge is -2.06. The number of methoxy groups -OCH3 is 1. The molecule has 1 heterocycles. The van der Waals surface area contributed by atoms with Gasteiger partial charge in [0.1, 0.15) is 0 Å². The van der Waals surface area contributed by atoms with Crippen LogP contribution in [0, 0.1) is 11.8 Å². The number of allylic oxidation sites excluding steroid dienone is 3. The van der Waals surface area contributed by atoms with Crippen molar-refractivity contribution in [2.24, 2.45) is 0 Å². The van der Waals surface area contributed by atoms with Gasteiger partial charge >= 0.3 is 0 Å². The summed E-state index contributed by atoms with van der Waals surface area (Å²) in [5.74, 6) is 6.60. The van der Waals surface area contributed by atoms with Crippen LogP contribution in [0.15, 0.2) is 48.7 Å². The van der Waals surface area contributed by atoms with Crippen LogP contribution in [0.2, 0.25) is 0 Å². The Morgan fingerprint density at radius 1 is 1.29 bits per heavy atom. The SMILES string of the molecule is C=C/C=C(\CCC)NCC#Cc1cc2cc(CNCCOC)ccc2n1CC. The Bertz CT molecular complexity index is 852. The van der Waals surface area contributed by atoms with Crippen molar-refractivity contribution in [2.75, 3.05) is 26.8 Å². The molecule has 0 aliphatic rings. The fourth-order valence-electron chi connectivity index (χ4n) is 3.22. The molecule has 1 aromatic carbocycles. The third-order valence-electron chi connectivity index (χ3n) is 4.55. The van der Waals surface area contributed by atoms with Gasteiger partial charge in [-0.05, 0) is 49.1 Å². The van der Waals surface area contributed by atoms with Crippen molar-refractivity contribution in [3.63, 3.8) is 0 Å². The van der Waals surface area contributed by atoms with Crippen LogP contribution in [-0.2, 0) is 17.8 Å². The van der Waals surface area contributed by atoms with Crippen molar-refractivity contribution in [1.29, 1.82) is 0 Å². The second-order valence-electron chi connectivity index (χ2n) is 6.67. The predicted octanol–water partition coefficient (Wildman–Crippen LogP) is 4.21. The molecular weight excluding hydrogens is 346 g/mol. The zero-order valence-electron chi connectivity index (χ0n) is 17.5. The average molecular weight is 380 g/mol. The largest absolute Gasteiger partial charge is 0.383 e. The number of aromatic nitrogens is 1. The molecule has 0 radical (unpaired) electrons. The minimum absolute atomic E-state index is 0.638. The van der Waals surface area contributed by atoms with Crippen molar-refractivity contribution in [1.82, 2.24) is 15.2 Å². The predicted molar refractivity (Wildman–Crippen MR) is 119 cm³/mol. The summed E-state index contributed by atoms with van der Waals surface area (Å²) < 4.78 is 7.35. The van der Waals surface area contributed by atoms with E-state index in [0.29, 0.717) is 6.54 Å². The summed E-state index contributed by atoms with van der Waals surface area (Å²) in [5, 5.41) is 8.03. The van der Waals surface area contributed by atoms with Crippen LogP contribution in [0.4, 0.5) is 0 Å². The molecule has 2 N–H and O–H groups in total. The molecule has 0 aliphatic carbocycles. The molecule has 2 rings (SSSR count). The first kappa shape index (κ1) is 21.8. The number of ether oxygens (including phenoxy) is 1. The number of rotatable bonds is 11. The van der Waals surface area contributed by atoms with E-state index in [1.807, 2.05) is 12.2 Å². The van der Waals surface area contributed by atoms with E-state index in [4.69, 9.17) is 4.74 Å². The first-order valence-corrected chi connectivity index (χ1v) is 10.1. The summed E-state index contributed by atoms with van der Waals surface area (Å²) in [5.41, 5.74) is 4.76.